The number of hydrogen-bond acceptors (Lipinski definition) is 6. The average molecular weight is 587 g/mol. The molecule has 2 saturated carbocycles. The molecule has 7 heteroatoms. The highest BCUT2D eigenvalue weighted by atomic mass is 16.6. The summed E-state index contributed by atoms with van der Waals surface area (Å²) in [5.41, 5.74) is 3.32. The van der Waals surface area contributed by atoms with E-state index in [1.54, 1.807) is 25.0 Å². The number of Topliss-reactive ketones (excluding diaryl/α,β-unsaturated/α-hetero) is 1. The summed E-state index contributed by atoms with van der Waals surface area (Å²) in [6, 6.07) is 0. The average Bonchev–Trinajstić information content (AvgIpc) is 3.20. The molecule has 0 unspecified atom stereocenters. The smallest absolute Gasteiger partial charge is 0.317 e. The van der Waals surface area contributed by atoms with Crippen LogP contribution >= 0.6 is 0 Å². The molecular formula is C35H54O7. The van der Waals surface area contributed by atoms with Crippen molar-refractivity contribution in [1.82, 2.24) is 0 Å². The van der Waals surface area contributed by atoms with Crippen molar-refractivity contribution in [3.05, 3.63) is 11.1 Å². The van der Waals surface area contributed by atoms with Gasteiger partial charge in [0.15, 0.2) is 0 Å². The highest BCUT2D eigenvalue weighted by Gasteiger charge is 2.63. The zero-order valence-corrected chi connectivity index (χ0v) is 27.4. The molecule has 0 amide bonds. The monoisotopic (exact) mass is 586 g/mol. The maximum atomic E-state index is 13.1. The van der Waals surface area contributed by atoms with Gasteiger partial charge in [-0.1, -0.05) is 66.5 Å². The van der Waals surface area contributed by atoms with E-state index in [0.29, 0.717) is 18.3 Å². The van der Waals surface area contributed by atoms with Gasteiger partial charge >= 0.3 is 17.9 Å². The fraction of sp³-hybridized carbons (Fsp3) is 0.829. The Morgan fingerprint density at radius 1 is 0.857 bits per heavy atom. The Hall–Kier alpha value is -2.18. The fourth-order valence-corrected chi connectivity index (χ4v) is 10.4. The van der Waals surface area contributed by atoms with Gasteiger partial charge in [0, 0.05) is 17.8 Å². The molecule has 42 heavy (non-hydrogen) atoms. The minimum atomic E-state index is -0.906. The molecule has 0 saturated heterocycles. The van der Waals surface area contributed by atoms with Crippen LogP contribution in [0.15, 0.2) is 11.1 Å². The summed E-state index contributed by atoms with van der Waals surface area (Å²) in [6.45, 7) is 17.5. The van der Waals surface area contributed by atoms with Crippen LogP contribution in [-0.2, 0) is 28.7 Å². The largest absolute Gasteiger partial charge is 0.481 e. The number of hydrogen-bond donors (Lipinski definition) is 1. The molecule has 0 aliphatic heterocycles. The van der Waals surface area contributed by atoms with Crippen molar-refractivity contribution >= 4 is 23.7 Å². The summed E-state index contributed by atoms with van der Waals surface area (Å²) >= 11 is 0. The number of ketones is 1. The first-order valence-electron chi connectivity index (χ1n) is 16.2. The molecule has 0 spiro atoms. The lowest BCUT2D eigenvalue weighted by Gasteiger charge is -2.62. The topological polar surface area (TPSA) is 107 Å². The number of rotatable bonds is 9. The predicted molar refractivity (Wildman–Crippen MR) is 160 cm³/mol. The van der Waals surface area contributed by atoms with Crippen LogP contribution in [0.3, 0.4) is 0 Å². The van der Waals surface area contributed by atoms with E-state index in [1.165, 1.54) is 7.11 Å². The van der Waals surface area contributed by atoms with Crippen LogP contribution in [0.1, 0.15) is 120 Å². The van der Waals surface area contributed by atoms with E-state index >= 15 is 0 Å². The molecule has 0 aromatic heterocycles. The molecule has 0 bridgehead atoms. The Labute approximate surface area is 252 Å². The van der Waals surface area contributed by atoms with Gasteiger partial charge in [0.25, 0.3) is 0 Å². The van der Waals surface area contributed by atoms with Crippen molar-refractivity contribution < 1.29 is 33.8 Å². The van der Waals surface area contributed by atoms with Crippen molar-refractivity contribution in [2.45, 2.75) is 126 Å². The third-order valence-electron chi connectivity index (χ3n) is 13.4. The third-order valence-corrected chi connectivity index (χ3v) is 13.4. The van der Waals surface area contributed by atoms with E-state index in [4.69, 9.17) is 4.74 Å². The second-order valence-corrected chi connectivity index (χ2v) is 15.5. The van der Waals surface area contributed by atoms with Gasteiger partial charge in [-0.2, -0.15) is 0 Å². The van der Waals surface area contributed by atoms with E-state index in [1.807, 2.05) is 0 Å². The van der Waals surface area contributed by atoms with Crippen LogP contribution in [0.2, 0.25) is 0 Å². The molecule has 4 rings (SSSR count). The molecule has 1 N–H and O–H groups in total. The Kier molecular flexibility index (Phi) is 8.88. The van der Waals surface area contributed by atoms with Gasteiger partial charge in [-0.3, -0.25) is 19.2 Å². The lowest BCUT2D eigenvalue weighted by molar-refractivity contribution is -0.172. The molecule has 236 valence electrons. The Balaban J connectivity index is 1.55. The van der Waals surface area contributed by atoms with Crippen LogP contribution in [0.4, 0.5) is 0 Å². The molecule has 2 fully saturated rings. The number of aliphatic carboxylic acids is 1. The van der Waals surface area contributed by atoms with Crippen molar-refractivity contribution in [1.29, 1.82) is 0 Å². The normalized spacial score (nSPS) is 37.4. The number of carboxylic acid groups (broad SMARTS) is 1. The number of esters is 2. The van der Waals surface area contributed by atoms with Gasteiger partial charge < -0.3 is 14.6 Å². The van der Waals surface area contributed by atoms with Gasteiger partial charge in [0.2, 0.25) is 0 Å². The first-order chi connectivity index (χ1) is 19.4. The molecule has 0 heterocycles. The number of carboxylic acids is 1. The Morgan fingerprint density at radius 3 is 2.14 bits per heavy atom. The van der Waals surface area contributed by atoms with Gasteiger partial charge in [-0.25, -0.2) is 0 Å². The maximum Gasteiger partial charge on any atom is 0.317 e. The number of carbonyl (C=O) groups excluding carboxylic acids is 3. The first-order valence-corrected chi connectivity index (χ1v) is 16.2. The van der Waals surface area contributed by atoms with E-state index in [9.17, 15) is 24.3 Å². The molecule has 0 aromatic carbocycles. The fourth-order valence-electron chi connectivity index (χ4n) is 10.4. The predicted octanol–water partition coefficient (Wildman–Crippen LogP) is 7.16. The van der Waals surface area contributed by atoms with Crippen LogP contribution in [0.25, 0.3) is 0 Å². The second-order valence-electron chi connectivity index (χ2n) is 15.5. The molecule has 9 atom stereocenters. The van der Waals surface area contributed by atoms with Gasteiger partial charge in [0.1, 0.15) is 18.3 Å². The van der Waals surface area contributed by atoms with Crippen molar-refractivity contribution in [3.63, 3.8) is 0 Å². The minimum Gasteiger partial charge on any atom is -0.481 e. The number of carbonyl (C=O) groups is 4. The second kappa shape index (κ2) is 11.4. The summed E-state index contributed by atoms with van der Waals surface area (Å²) in [7, 11) is 1.28. The Bertz CT molecular complexity index is 1150. The summed E-state index contributed by atoms with van der Waals surface area (Å²) < 4.78 is 10.6. The van der Waals surface area contributed by atoms with Crippen molar-refractivity contribution in [3.8, 4) is 0 Å². The van der Waals surface area contributed by atoms with E-state index in [-0.39, 0.29) is 45.9 Å². The Morgan fingerprint density at radius 2 is 1.52 bits per heavy atom. The zero-order valence-electron chi connectivity index (χ0n) is 27.4. The molecule has 4 aliphatic carbocycles. The number of allylic oxidation sites excluding steroid dienone is 2. The highest BCUT2D eigenvalue weighted by Crippen LogP contribution is 2.72. The minimum absolute atomic E-state index is 0.0503. The maximum absolute atomic E-state index is 13.1. The van der Waals surface area contributed by atoms with Gasteiger partial charge in [-0.15, -0.1) is 0 Å². The molecule has 0 radical (unpaired) electrons. The molecule has 4 aliphatic rings. The number of fused-ring (bicyclic) bond motifs is 4. The number of methoxy groups -OCH3 is 1. The standard InChI is InChI=1S/C35H54O7/c1-20(18-26(36)21(2)22(3)31(39)40)23-12-16-35(8)25-10-11-27-32(4,5)28(42-30(38)19-29(37)41-9)14-15-33(27,6)24(25)13-17-34(23,35)7/h20-23,27-28H,10-19H2,1-9H3,(H,39,40)/t20-,21-,22-,23-,27+,28-,33-,34-,35+/m1/s1. The first kappa shape index (κ1) is 32.7. The lowest BCUT2D eigenvalue weighted by Crippen LogP contribution is -2.56. The molecule has 7 nitrogen and oxygen atoms in total. The quantitative estimate of drug-likeness (QED) is 0.173. The summed E-state index contributed by atoms with van der Waals surface area (Å²) in [4.78, 5) is 48.8. The highest BCUT2D eigenvalue weighted by molar-refractivity contribution is 5.91. The van der Waals surface area contributed by atoms with E-state index in [0.717, 1.165) is 51.4 Å². The zero-order chi connectivity index (χ0) is 31.4. The van der Waals surface area contributed by atoms with Crippen molar-refractivity contribution in [2.75, 3.05) is 7.11 Å². The van der Waals surface area contributed by atoms with Crippen LogP contribution in [0, 0.1) is 51.2 Å². The third kappa shape index (κ3) is 5.15. The van der Waals surface area contributed by atoms with E-state index < -0.39 is 29.7 Å². The van der Waals surface area contributed by atoms with E-state index in [2.05, 4.69) is 46.3 Å². The van der Waals surface area contributed by atoms with Crippen LogP contribution in [-0.4, -0.2) is 42.0 Å². The summed E-state index contributed by atoms with van der Waals surface area (Å²) in [6.07, 6.45) is 8.15. The van der Waals surface area contributed by atoms with Gasteiger partial charge in [0.05, 0.1) is 13.0 Å². The van der Waals surface area contributed by atoms with Crippen LogP contribution in [0.5, 0.6) is 0 Å². The molecular weight excluding hydrogens is 532 g/mol. The SMILES string of the molecule is COC(=O)CC(=O)O[C@@H]1CC[C@]2(C)C3=C(CC[C@H]2C1(C)C)[C@]1(C)CC[C@H]([C@H](C)CC(=O)[C@H](C)[C@@H](C)C(=O)O)[C@@]1(C)CC3. The van der Waals surface area contributed by atoms with Crippen LogP contribution < -0.4 is 0 Å². The summed E-state index contributed by atoms with van der Waals surface area (Å²) in [5, 5.41) is 9.42. The summed E-state index contributed by atoms with van der Waals surface area (Å²) in [5.74, 6) is -2.01. The molecule has 0 aromatic rings. The number of ether oxygens (including phenoxy) is 2. The van der Waals surface area contributed by atoms with Gasteiger partial charge in [-0.05, 0) is 85.4 Å². The lowest BCUT2D eigenvalue weighted by atomic mass is 9.43. The van der Waals surface area contributed by atoms with Crippen molar-refractivity contribution in [2.24, 2.45) is 51.2 Å².